The fraction of sp³-hybridized carbons (Fsp3) is 0.154. The van der Waals surface area contributed by atoms with Crippen LogP contribution in [0.4, 0.5) is 25.0 Å². The normalized spacial score (nSPS) is 10.0. The van der Waals surface area contributed by atoms with Gasteiger partial charge in [-0.3, -0.25) is 0 Å². The molecule has 0 saturated carbocycles. The molecule has 0 spiro atoms. The Morgan fingerprint density at radius 2 is 1.81 bits per heavy atom. The van der Waals surface area contributed by atoms with Gasteiger partial charge >= 0.3 is 12.0 Å². The molecular weight excluding hydrogens is 282 g/mol. The van der Waals surface area contributed by atoms with Gasteiger partial charge in [0.25, 0.3) is 0 Å². The van der Waals surface area contributed by atoms with Gasteiger partial charge in [0.2, 0.25) is 0 Å². The third-order valence-electron chi connectivity index (χ3n) is 2.34. The fourth-order valence-electron chi connectivity index (χ4n) is 1.45. The van der Waals surface area contributed by atoms with E-state index in [2.05, 4.69) is 20.6 Å². The average molecular weight is 294 g/mol. The number of nitrogens with zero attached hydrogens (tertiary/aromatic N) is 2. The number of nitrogens with one attached hydrogen (secondary N) is 2. The first kappa shape index (κ1) is 14.6. The van der Waals surface area contributed by atoms with E-state index in [1.165, 1.54) is 18.5 Å². The van der Waals surface area contributed by atoms with Crippen molar-refractivity contribution in [2.24, 2.45) is 0 Å². The molecule has 2 rings (SSSR count). The molecule has 110 valence electrons. The summed E-state index contributed by atoms with van der Waals surface area (Å²) in [6.07, 6.45) is 2.73. The molecule has 8 heteroatoms. The van der Waals surface area contributed by atoms with Crippen LogP contribution in [-0.4, -0.2) is 22.6 Å². The van der Waals surface area contributed by atoms with E-state index < -0.39 is 17.7 Å². The summed E-state index contributed by atoms with van der Waals surface area (Å²) in [4.78, 5) is 19.4. The maximum atomic E-state index is 13.0. The summed E-state index contributed by atoms with van der Waals surface area (Å²) in [5.41, 5.74) is 0.455. The molecule has 0 aliphatic carbocycles. The van der Waals surface area contributed by atoms with Crippen LogP contribution in [0.15, 0.2) is 30.6 Å². The predicted molar refractivity (Wildman–Crippen MR) is 72.2 cm³/mol. The Labute approximate surface area is 119 Å². The minimum Gasteiger partial charge on any atom is -0.464 e. The van der Waals surface area contributed by atoms with Crippen LogP contribution >= 0.6 is 0 Å². The van der Waals surface area contributed by atoms with Gasteiger partial charge < -0.3 is 15.4 Å². The summed E-state index contributed by atoms with van der Waals surface area (Å²) in [5.74, 6) is -2.03. The second-order valence-electron chi connectivity index (χ2n) is 3.90. The van der Waals surface area contributed by atoms with E-state index in [-0.39, 0.29) is 11.7 Å². The average Bonchev–Trinajstić information content (AvgIpc) is 2.45. The molecule has 2 N–H and O–H groups in total. The van der Waals surface area contributed by atoms with Crippen molar-refractivity contribution in [3.05, 3.63) is 42.2 Å². The fourth-order valence-corrected chi connectivity index (χ4v) is 1.45. The van der Waals surface area contributed by atoms with Crippen LogP contribution in [0.2, 0.25) is 0 Å². The lowest BCUT2D eigenvalue weighted by Gasteiger charge is -2.08. The largest absolute Gasteiger partial charge is 0.464 e. The molecule has 2 amide bonds. The van der Waals surface area contributed by atoms with Gasteiger partial charge in [0.05, 0.1) is 24.7 Å². The van der Waals surface area contributed by atoms with Gasteiger partial charge in [0.1, 0.15) is 0 Å². The van der Waals surface area contributed by atoms with Crippen LogP contribution in [0.3, 0.4) is 0 Å². The molecule has 0 atom stereocenters. The zero-order valence-electron chi connectivity index (χ0n) is 11.1. The van der Waals surface area contributed by atoms with Gasteiger partial charge in [-0.25, -0.2) is 23.5 Å². The van der Waals surface area contributed by atoms with Crippen molar-refractivity contribution >= 4 is 17.4 Å². The van der Waals surface area contributed by atoms with Gasteiger partial charge in [-0.1, -0.05) is 0 Å². The summed E-state index contributed by atoms with van der Waals surface area (Å²) in [7, 11) is 0. The molecular formula is C13H12F2N4O2. The highest BCUT2D eigenvalue weighted by atomic mass is 19.2. The summed E-state index contributed by atoms with van der Waals surface area (Å²) in [6.45, 7) is 2.23. The molecule has 2 aromatic rings. The maximum Gasteiger partial charge on any atom is 0.323 e. The summed E-state index contributed by atoms with van der Waals surface area (Å²) in [6, 6.07) is 2.61. The molecule has 0 unspecified atom stereocenters. The SMILES string of the molecule is CCOc1ncc(NC(=O)Nc2ccc(F)c(F)c2)cn1. The molecule has 0 saturated heterocycles. The van der Waals surface area contributed by atoms with Crippen molar-refractivity contribution in [1.29, 1.82) is 0 Å². The number of ether oxygens (including phenoxy) is 1. The first-order valence-electron chi connectivity index (χ1n) is 6.06. The molecule has 1 aromatic heterocycles. The Hall–Kier alpha value is -2.77. The molecule has 0 fully saturated rings. The molecule has 0 bridgehead atoms. The van der Waals surface area contributed by atoms with Gasteiger partial charge in [0.15, 0.2) is 11.6 Å². The number of benzene rings is 1. The zero-order chi connectivity index (χ0) is 15.2. The van der Waals surface area contributed by atoms with Gasteiger partial charge in [-0.05, 0) is 19.1 Å². The van der Waals surface area contributed by atoms with E-state index in [0.29, 0.717) is 12.3 Å². The zero-order valence-corrected chi connectivity index (χ0v) is 11.1. The van der Waals surface area contributed by atoms with Gasteiger partial charge in [-0.2, -0.15) is 0 Å². The van der Waals surface area contributed by atoms with E-state index in [9.17, 15) is 13.6 Å². The lowest BCUT2D eigenvalue weighted by Crippen LogP contribution is -2.19. The Balaban J connectivity index is 1.96. The van der Waals surface area contributed by atoms with Gasteiger partial charge in [-0.15, -0.1) is 0 Å². The second kappa shape index (κ2) is 6.60. The Kier molecular flexibility index (Phi) is 4.60. The van der Waals surface area contributed by atoms with Crippen molar-refractivity contribution in [3.63, 3.8) is 0 Å². The Morgan fingerprint density at radius 3 is 2.43 bits per heavy atom. The van der Waals surface area contributed by atoms with Crippen molar-refractivity contribution in [1.82, 2.24) is 9.97 Å². The third kappa shape index (κ3) is 4.10. The van der Waals surface area contributed by atoms with Crippen molar-refractivity contribution in [2.75, 3.05) is 17.2 Å². The van der Waals surface area contributed by atoms with E-state index in [4.69, 9.17) is 4.74 Å². The number of urea groups is 1. The van der Waals surface area contributed by atoms with Crippen LogP contribution in [0.1, 0.15) is 6.92 Å². The first-order chi connectivity index (χ1) is 10.1. The predicted octanol–water partition coefficient (Wildman–Crippen LogP) is 2.80. The molecule has 6 nitrogen and oxygen atoms in total. The lowest BCUT2D eigenvalue weighted by atomic mass is 10.3. The van der Waals surface area contributed by atoms with E-state index in [0.717, 1.165) is 12.1 Å². The smallest absolute Gasteiger partial charge is 0.323 e. The number of carbonyl (C=O) groups is 1. The number of anilines is 2. The maximum absolute atomic E-state index is 13.0. The Morgan fingerprint density at radius 1 is 1.14 bits per heavy atom. The summed E-state index contributed by atoms with van der Waals surface area (Å²) < 4.78 is 30.8. The van der Waals surface area contributed by atoms with Crippen molar-refractivity contribution < 1.29 is 18.3 Å². The number of carbonyl (C=O) groups excluding carboxylic acids is 1. The highest BCUT2D eigenvalue weighted by Crippen LogP contribution is 2.14. The second-order valence-corrected chi connectivity index (χ2v) is 3.90. The van der Waals surface area contributed by atoms with E-state index >= 15 is 0 Å². The minimum atomic E-state index is -1.04. The van der Waals surface area contributed by atoms with Crippen LogP contribution in [0.25, 0.3) is 0 Å². The molecule has 1 heterocycles. The van der Waals surface area contributed by atoms with Crippen LogP contribution in [0.5, 0.6) is 6.01 Å². The number of hydrogen-bond acceptors (Lipinski definition) is 4. The molecule has 0 radical (unpaired) electrons. The number of hydrogen-bond donors (Lipinski definition) is 2. The quantitative estimate of drug-likeness (QED) is 0.909. The van der Waals surface area contributed by atoms with Crippen molar-refractivity contribution in [3.8, 4) is 6.01 Å². The summed E-state index contributed by atoms with van der Waals surface area (Å²) in [5, 5.41) is 4.80. The topological polar surface area (TPSA) is 76.1 Å². The molecule has 0 aliphatic rings. The number of halogens is 2. The van der Waals surface area contributed by atoms with Crippen LogP contribution < -0.4 is 15.4 Å². The standard InChI is InChI=1S/C13H12F2N4O2/c1-2-21-13-16-6-9(7-17-13)19-12(20)18-8-3-4-10(14)11(15)5-8/h3-7H,2H2,1H3,(H2,18,19,20). The first-order valence-corrected chi connectivity index (χ1v) is 6.06. The van der Waals surface area contributed by atoms with Crippen LogP contribution in [0, 0.1) is 11.6 Å². The highest BCUT2D eigenvalue weighted by Gasteiger charge is 2.07. The molecule has 0 aliphatic heterocycles. The highest BCUT2D eigenvalue weighted by molar-refractivity contribution is 5.99. The number of aromatic nitrogens is 2. The lowest BCUT2D eigenvalue weighted by molar-refractivity contribution is 0.262. The van der Waals surface area contributed by atoms with Crippen LogP contribution in [-0.2, 0) is 0 Å². The van der Waals surface area contributed by atoms with E-state index in [1.807, 2.05) is 0 Å². The molecule has 1 aromatic carbocycles. The summed E-state index contributed by atoms with van der Waals surface area (Å²) >= 11 is 0. The van der Waals surface area contributed by atoms with E-state index in [1.54, 1.807) is 6.92 Å². The monoisotopic (exact) mass is 294 g/mol. The third-order valence-corrected chi connectivity index (χ3v) is 2.34. The molecule has 21 heavy (non-hydrogen) atoms. The number of rotatable bonds is 4. The minimum absolute atomic E-state index is 0.123. The van der Waals surface area contributed by atoms with Crippen molar-refractivity contribution in [2.45, 2.75) is 6.92 Å². The Bertz CT molecular complexity index is 635. The van der Waals surface area contributed by atoms with Gasteiger partial charge in [0, 0.05) is 11.8 Å². The number of amides is 2.